The Balaban J connectivity index is 1.25. The van der Waals surface area contributed by atoms with Crippen molar-refractivity contribution in [2.75, 3.05) is 37.6 Å². The molecule has 0 saturated carbocycles. The molecule has 3 aromatic rings. The highest BCUT2D eigenvalue weighted by molar-refractivity contribution is 5.96. The molecule has 0 aliphatic carbocycles. The van der Waals surface area contributed by atoms with Crippen molar-refractivity contribution in [2.24, 2.45) is 5.92 Å². The largest absolute Gasteiger partial charge is 0.497 e. The predicted octanol–water partition coefficient (Wildman–Crippen LogP) is 4.45. The molecule has 1 saturated heterocycles. The summed E-state index contributed by atoms with van der Waals surface area (Å²) in [5.41, 5.74) is 2.28. The number of benzene rings is 3. The molecule has 0 aromatic heterocycles. The Hall–Kier alpha value is -4.04. The fourth-order valence-electron chi connectivity index (χ4n) is 4.71. The van der Waals surface area contributed by atoms with Crippen LogP contribution in [0.1, 0.15) is 24.4 Å². The molecule has 5 rings (SSSR count). The van der Waals surface area contributed by atoms with E-state index in [9.17, 15) is 9.59 Å². The number of amides is 2. The van der Waals surface area contributed by atoms with Crippen molar-refractivity contribution in [2.45, 2.75) is 18.9 Å². The van der Waals surface area contributed by atoms with Crippen LogP contribution >= 0.6 is 0 Å². The summed E-state index contributed by atoms with van der Waals surface area (Å²) in [5, 5.41) is 6.04. The molecular weight excluding hydrogens is 458 g/mol. The number of rotatable bonds is 7. The number of carbonyl (C=O) groups is 2. The van der Waals surface area contributed by atoms with Crippen LogP contribution < -0.4 is 24.8 Å². The van der Waals surface area contributed by atoms with E-state index in [1.54, 1.807) is 25.3 Å². The Morgan fingerprint density at radius 1 is 0.889 bits per heavy atom. The average molecular weight is 488 g/mol. The van der Waals surface area contributed by atoms with Crippen molar-refractivity contribution in [3.63, 3.8) is 0 Å². The van der Waals surface area contributed by atoms with Gasteiger partial charge in [-0.2, -0.15) is 0 Å². The number of piperidine rings is 1. The Morgan fingerprint density at radius 2 is 1.64 bits per heavy atom. The molecule has 1 atom stereocenters. The number of nitrogens with one attached hydrogen (secondary N) is 2. The minimum atomic E-state index is -0.463. The molecule has 2 amide bonds. The molecule has 36 heavy (non-hydrogen) atoms. The first-order valence-electron chi connectivity index (χ1n) is 12.0. The van der Waals surface area contributed by atoms with Crippen LogP contribution in [-0.4, -0.2) is 43.7 Å². The summed E-state index contributed by atoms with van der Waals surface area (Å²) in [6.45, 7) is 1.45. The molecule has 186 valence electrons. The summed E-state index contributed by atoms with van der Waals surface area (Å²) in [5.74, 6) is 1.72. The van der Waals surface area contributed by atoms with Gasteiger partial charge in [0.1, 0.15) is 11.8 Å². The zero-order valence-electron chi connectivity index (χ0n) is 20.1. The van der Waals surface area contributed by atoms with Crippen molar-refractivity contribution >= 4 is 23.2 Å². The highest BCUT2D eigenvalue weighted by Crippen LogP contribution is 2.35. The smallest absolute Gasteiger partial charge is 0.246 e. The number of hydrogen-bond acceptors (Lipinski definition) is 6. The lowest BCUT2D eigenvalue weighted by Crippen LogP contribution is -2.44. The van der Waals surface area contributed by atoms with Gasteiger partial charge >= 0.3 is 0 Å². The second-order valence-corrected chi connectivity index (χ2v) is 8.90. The highest BCUT2D eigenvalue weighted by Gasteiger charge is 2.33. The van der Waals surface area contributed by atoms with Crippen LogP contribution in [0.25, 0.3) is 0 Å². The van der Waals surface area contributed by atoms with Gasteiger partial charge < -0.3 is 24.8 Å². The fourth-order valence-corrected chi connectivity index (χ4v) is 4.71. The summed E-state index contributed by atoms with van der Waals surface area (Å²) in [7, 11) is 1.60. The maximum Gasteiger partial charge on any atom is 0.246 e. The van der Waals surface area contributed by atoms with Crippen LogP contribution in [0.3, 0.4) is 0 Å². The van der Waals surface area contributed by atoms with E-state index >= 15 is 0 Å². The number of fused-ring (bicyclic) bond motifs is 1. The lowest BCUT2D eigenvalue weighted by atomic mass is 9.93. The predicted molar refractivity (Wildman–Crippen MR) is 136 cm³/mol. The molecule has 2 N–H and O–H groups in total. The highest BCUT2D eigenvalue weighted by atomic mass is 16.7. The summed E-state index contributed by atoms with van der Waals surface area (Å²) < 4.78 is 16.0. The van der Waals surface area contributed by atoms with Crippen molar-refractivity contribution in [3.05, 3.63) is 78.4 Å². The van der Waals surface area contributed by atoms with E-state index in [-0.39, 0.29) is 24.5 Å². The third-order valence-corrected chi connectivity index (χ3v) is 6.61. The van der Waals surface area contributed by atoms with E-state index < -0.39 is 6.04 Å². The standard InChI is InChI=1S/C28H29N3O5/c1-34-23-9-5-8-21(16-23)30-28(33)26(19-6-3-2-4-7-19)31-14-12-20(13-15-31)27(32)29-22-10-11-24-25(17-22)36-18-35-24/h2-11,16-17,20,26H,12-15,18H2,1H3,(H,29,32)(H,30,33)/t26-/m1/s1. The average Bonchev–Trinajstić information content (AvgIpc) is 3.38. The minimum absolute atomic E-state index is 0.0226. The third-order valence-electron chi connectivity index (χ3n) is 6.61. The van der Waals surface area contributed by atoms with Gasteiger partial charge in [-0.05, 0) is 55.8 Å². The van der Waals surface area contributed by atoms with Gasteiger partial charge in [0.05, 0.1) is 7.11 Å². The number of likely N-dealkylation sites (tertiary alicyclic amines) is 1. The lowest BCUT2D eigenvalue weighted by molar-refractivity contribution is -0.123. The Morgan fingerprint density at radius 3 is 2.42 bits per heavy atom. The maximum atomic E-state index is 13.5. The summed E-state index contributed by atoms with van der Waals surface area (Å²) >= 11 is 0. The summed E-state index contributed by atoms with van der Waals surface area (Å²) in [4.78, 5) is 28.6. The van der Waals surface area contributed by atoms with E-state index in [0.29, 0.717) is 54.6 Å². The van der Waals surface area contributed by atoms with Crippen LogP contribution in [0.5, 0.6) is 17.2 Å². The van der Waals surface area contributed by atoms with Crippen LogP contribution in [0.4, 0.5) is 11.4 Å². The third kappa shape index (κ3) is 5.28. The van der Waals surface area contributed by atoms with Crippen molar-refractivity contribution in [1.82, 2.24) is 4.90 Å². The zero-order valence-corrected chi connectivity index (χ0v) is 20.1. The van der Waals surface area contributed by atoms with Gasteiger partial charge in [-0.1, -0.05) is 36.4 Å². The number of hydrogen-bond donors (Lipinski definition) is 2. The lowest BCUT2D eigenvalue weighted by Gasteiger charge is -2.36. The number of ether oxygens (including phenoxy) is 3. The van der Waals surface area contributed by atoms with E-state index in [2.05, 4.69) is 15.5 Å². The molecule has 8 nitrogen and oxygen atoms in total. The monoisotopic (exact) mass is 487 g/mol. The molecule has 2 heterocycles. The van der Waals surface area contributed by atoms with E-state index in [1.807, 2.05) is 54.6 Å². The van der Waals surface area contributed by atoms with E-state index in [1.165, 1.54) is 0 Å². The van der Waals surface area contributed by atoms with Gasteiger partial charge in [0.25, 0.3) is 0 Å². The van der Waals surface area contributed by atoms with Crippen molar-refractivity contribution in [3.8, 4) is 17.2 Å². The Labute approximate surface area is 210 Å². The van der Waals surface area contributed by atoms with Crippen LogP contribution in [0.2, 0.25) is 0 Å². The van der Waals surface area contributed by atoms with Gasteiger partial charge in [0.15, 0.2) is 11.5 Å². The SMILES string of the molecule is COc1cccc(NC(=O)[C@@H](c2ccccc2)N2CCC(C(=O)Nc3ccc4c(c3)OCO4)CC2)c1. The molecule has 0 unspecified atom stereocenters. The van der Waals surface area contributed by atoms with Gasteiger partial charge in [-0.3, -0.25) is 14.5 Å². The molecular formula is C28H29N3O5. The molecule has 0 radical (unpaired) electrons. The van der Waals surface area contributed by atoms with Gasteiger partial charge in [0.2, 0.25) is 18.6 Å². The van der Waals surface area contributed by atoms with Crippen molar-refractivity contribution in [1.29, 1.82) is 0 Å². The maximum absolute atomic E-state index is 13.5. The first kappa shape index (κ1) is 23.7. The summed E-state index contributed by atoms with van der Waals surface area (Å²) in [6.07, 6.45) is 1.32. The summed E-state index contributed by atoms with van der Waals surface area (Å²) in [6, 6.07) is 22.0. The molecule has 0 bridgehead atoms. The molecule has 8 heteroatoms. The van der Waals surface area contributed by atoms with Crippen LogP contribution in [0.15, 0.2) is 72.8 Å². The minimum Gasteiger partial charge on any atom is -0.497 e. The Bertz CT molecular complexity index is 1220. The van der Waals surface area contributed by atoms with E-state index in [4.69, 9.17) is 14.2 Å². The van der Waals surface area contributed by atoms with Gasteiger partial charge in [-0.25, -0.2) is 0 Å². The number of nitrogens with zero attached hydrogens (tertiary/aromatic N) is 1. The molecule has 2 aliphatic heterocycles. The molecule has 3 aromatic carbocycles. The number of methoxy groups -OCH3 is 1. The quantitative estimate of drug-likeness (QED) is 0.512. The van der Waals surface area contributed by atoms with Gasteiger partial charge in [0, 0.05) is 29.4 Å². The normalized spacial score (nSPS) is 16.2. The van der Waals surface area contributed by atoms with Crippen molar-refractivity contribution < 1.29 is 23.8 Å². The molecule has 2 aliphatic rings. The first-order valence-corrected chi connectivity index (χ1v) is 12.0. The Kier molecular flexibility index (Phi) is 7.04. The molecule has 0 spiro atoms. The second-order valence-electron chi connectivity index (χ2n) is 8.90. The fraction of sp³-hybridized carbons (Fsp3) is 0.286. The molecule has 1 fully saturated rings. The topological polar surface area (TPSA) is 89.1 Å². The first-order chi connectivity index (χ1) is 17.6. The van der Waals surface area contributed by atoms with E-state index in [0.717, 1.165) is 5.56 Å². The zero-order chi connectivity index (χ0) is 24.9. The van der Waals surface area contributed by atoms with Gasteiger partial charge in [-0.15, -0.1) is 0 Å². The second kappa shape index (κ2) is 10.7. The number of carbonyl (C=O) groups excluding carboxylic acids is 2. The van der Waals surface area contributed by atoms with Crippen LogP contribution in [0, 0.1) is 5.92 Å². The number of anilines is 2. The van der Waals surface area contributed by atoms with Crippen LogP contribution in [-0.2, 0) is 9.59 Å².